The third-order valence-corrected chi connectivity index (χ3v) is 12.2. The van der Waals surface area contributed by atoms with Crippen molar-refractivity contribution in [1.82, 2.24) is 20.4 Å². The minimum absolute atomic E-state index is 0.647. The van der Waals surface area contributed by atoms with E-state index in [2.05, 4.69) is 20.4 Å². The van der Waals surface area contributed by atoms with Gasteiger partial charge in [-0.15, -0.1) is 0 Å². The van der Waals surface area contributed by atoms with Gasteiger partial charge >= 0.3 is 0 Å². The van der Waals surface area contributed by atoms with E-state index in [4.69, 9.17) is 0 Å². The highest BCUT2D eigenvalue weighted by molar-refractivity contribution is 5.13. The number of hydrogen-bond acceptors (Lipinski definition) is 4. The molecule has 8 fully saturated rings. The maximum absolute atomic E-state index is 4.51. The largest absolute Gasteiger partial charge is 0.299 e. The summed E-state index contributed by atoms with van der Waals surface area (Å²) < 4.78 is 0. The molecule has 178 valence electrons. The molecule has 3 aliphatic carbocycles. The molecule has 0 spiro atoms. The van der Waals surface area contributed by atoms with Crippen LogP contribution in [-0.4, -0.2) is 52.5 Å². The number of nitrogens with one attached hydrogen (secondary N) is 2. The van der Waals surface area contributed by atoms with E-state index in [1.807, 2.05) is 0 Å². The molecule has 2 N–H and O–H groups in total. The standard InChI is InChI=1S/C28H46N4/c1-3-12-24-19(9-1)21-16-22-20-10-2-4-13-25(20)32-26-14-6-11-23(29-26)17-7-5-8-18(15-17)31(24)27(21)30-28(22)32/h17-30H,1-16H2. The van der Waals surface area contributed by atoms with Crippen LogP contribution in [0.3, 0.4) is 0 Å². The summed E-state index contributed by atoms with van der Waals surface area (Å²) in [6.45, 7) is 0. The van der Waals surface area contributed by atoms with Gasteiger partial charge in [0, 0.05) is 24.2 Å². The van der Waals surface area contributed by atoms with Crippen LogP contribution in [0.15, 0.2) is 0 Å². The van der Waals surface area contributed by atoms with Crippen molar-refractivity contribution >= 4 is 0 Å². The first-order valence-electron chi connectivity index (χ1n) is 14.9. The Labute approximate surface area is 195 Å². The molecule has 8 aliphatic rings. The first-order valence-corrected chi connectivity index (χ1v) is 14.9. The van der Waals surface area contributed by atoms with E-state index in [0.717, 1.165) is 53.8 Å². The number of hydrogen-bond donors (Lipinski definition) is 2. The Morgan fingerprint density at radius 3 is 2.00 bits per heavy atom. The van der Waals surface area contributed by atoms with E-state index < -0.39 is 0 Å². The van der Waals surface area contributed by atoms with Gasteiger partial charge in [0.05, 0.1) is 18.5 Å². The van der Waals surface area contributed by atoms with Gasteiger partial charge in [-0.05, 0) is 100 Å². The fourth-order valence-corrected chi connectivity index (χ4v) is 11.2. The number of nitrogens with zero attached hydrogens (tertiary/aromatic N) is 2. The summed E-state index contributed by atoms with van der Waals surface area (Å²) in [5.41, 5.74) is 0. The van der Waals surface area contributed by atoms with Crippen molar-refractivity contribution in [1.29, 1.82) is 0 Å². The molecule has 5 heterocycles. The first kappa shape index (κ1) is 20.1. The van der Waals surface area contributed by atoms with Gasteiger partial charge in [-0.1, -0.05) is 32.1 Å². The van der Waals surface area contributed by atoms with Crippen LogP contribution in [0.5, 0.6) is 0 Å². The Morgan fingerprint density at radius 2 is 1.19 bits per heavy atom. The van der Waals surface area contributed by atoms with Crippen LogP contribution in [0.25, 0.3) is 0 Å². The molecule has 0 aromatic rings. The average Bonchev–Trinajstić information content (AvgIpc) is 3.34. The van der Waals surface area contributed by atoms with Gasteiger partial charge in [-0.3, -0.25) is 20.4 Å². The van der Waals surface area contributed by atoms with Gasteiger partial charge in [0.25, 0.3) is 0 Å². The molecule has 8 rings (SSSR count). The summed E-state index contributed by atoms with van der Waals surface area (Å²) in [6, 6.07) is 3.40. The van der Waals surface area contributed by atoms with Crippen molar-refractivity contribution in [2.75, 3.05) is 0 Å². The number of piperidine rings is 2. The number of fused-ring (bicyclic) bond motifs is 13. The molecule has 5 aliphatic heterocycles. The van der Waals surface area contributed by atoms with Crippen molar-refractivity contribution in [3.05, 3.63) is 0 Å². The highest BCUT2D eigenvalue weighted by atomic mass is 15.5. The van der Waals surface area contributed by atoms with Crippen LogP contribution in [0, 0.1) is 29.6 Å². The summed E-state index contributed by atoms with van der Waals surface area (Å²) in [5.74, 6) is 4.77. The highest BCUT2D eigenvalue weighted by Gasteiger charge is 2.61. The van der Waals surface area contributed by atoms with Crippen LogP contribution in [0.2, 0.25) is 0 Å². The quantitative estimate of drug-likeness (QED) is 0.576. The summed E-state index contributed by atoms with van der Waals surface area (Å²) in [5, 5.41) is 8.84. The summed E-state index contributed by atoms with van der Waals surface area (Å²) in [7, 11) is 0. The van der Waals surface area contributed by atoms with Crippen LogP contribution < -0.4 is 10.6 Å². The Hall–Kier alpha value is -0.160. The smallest absolute Gasteiger partial charge is 0.0657 e. The Balaban J connectivity index is 1.24. The van der Waals surface area contributed by atoms with Crippen molar-refractivity contribution in [2.24, 2.45) is 29.6 Å². The van der Waals surface area contributed by atoms with Crippen molar-refractivity contribution in [2.45, 2.75) is 145 Å². The minimum Gasteiger partial charge on any atom is -0.299 e. The second kappa shape index (κ2) is 7.67. The van der Waals surface area contributed by atoms with Crippen LogP contribution in [-0.2, 0) is 0 Å². The van der Waals surface area contributed by atoms with Crippen molar-refractivity contribution < 1.29 is 0 Å². The molecule has 3 saturated carbocycles. The second-order valence-electron chi connectivity index (χ2n) is 13.3. The van der Waals surface area contributed by atoms with Gasteiger partial charge in [-0.2, -0.15) is 0 Å². The van der Waals surface area contributed by atoms with E-state index >= 15 is 0 Å². The molecule has 4 heteroatoms. The molecule has 32 heavy (non-hydrogen) atoms. The van der Waals surface area contributed by atoms with Crippen LogP contribution in [0.1, 0.15) is 103 Å². The van der Waals surface area contributed by atoms with E-state index in [1.54, 1.807) is 6.42 Å². The maximum Gasteiger partial charge on any atom is 0.0657 e. The van der Waals surface area contributed by atoms with E-state index in [0.29, 0.717) is 18.5 Å². The predicted molar refractivity (Wildman–Crippen MR) is 128 cm³/mol. The third-order valence-electron chi connectivity index (χ3n) is 12.2. The zero-order valence-electron chi connectivity index (χ0n) is 20.1. The lowest BCUT2D eigenvalue weighted by Gasteiger charge is -2.47. The Bertz CT molecular complexity index is 668. The van der Waals surface area contributed by atoms with Gasteiger partial charge in [0.2, 0.25) is 0 Å². The van der Waals surface area contributed by atoms with Gasteiger partial charge in [-0.25, -0.2) is 0 Å². The first-order chi connectivity index (χ1) is 15.9. The molecule has 4 nitrogen and oxygen atoms in total. The lowest BCUT2D eigenvalue weighted by molar-refractivity contribution is -0.00921. The minimum atomic E-state index is 0.647. The fraction of sp³-hybridized carbons (Fsp3) is 1.00. The van der Waals surface area contributed by atoms with E-state index in [-0.39, 0.29) is 0 Å². The van der Waals surface area contributed by atoms with Crippen LogP contribution >= 0.6 is 0 Å². The molecular weight excluding hydrogens is 392 g/mol. The number of rotatable bonds is 0. The fourth-order valence-electron chi connectivity index (χ4n) is 11.2. The zero-order valence-corrected chi connectivity index (χ0v) is 20.1. The third kappa shape index (κ3) is 2.82. The van der Waals surface area contributed by atoms with E-state index in [1.165, 1.54) is 96.3 Å². The predicted octanol–water partition coefficient (Wildman–Crippen LogP) is 4.65. The zero-order chi connectivity index (χ0) is 20.8. The molecule has 0 aromatic carbocycles. The average molecular weight is 439 g/mol. The lowest BCUT2D eigenvalue weighted by Crippen LogP contribution is -2.65. The Morgan fingerprint density at radius 1 is 0.500 bits per heavy atom. The SMILES string of the molecule is C1CCC2C(C1)C1CC3C4CCCCC4N4C5CCCC(N5)C5CCCC(C5)N2C1NC34. The van der Waals surface area contributed by atoms with Crippen LogP contribution in [0.4, 0.5) is 0 Å². The summed E-state index contributed by atoms with van der Waals surface area (Å²) >= 11 is 0. The summed E-state index contributed by atoms with van der Waals surface area (Å²) in [4.78, 5) is 6.26. The summed E-state index contributed by atoms with van der Waals surface area (Å²) in [6.07, 6.45) is 25.7. The normalized spacial score (nSPS) is 57.4. The van der Waals surface area contributed by atoms with Gasteiger partial charge in [0.15, 0.2) is 0 Å². The topological polar surface area (TPSA) is 30.5 Å². The monoisotopic (exact) mass is 438 g/mol. The van der Waals surface area contributed by atoms with Gasteiger partial charge in [0.1, 0.15) is 0 Å². The molecule has 5 saturated heterocycles. The molecule has 0 radical (unpaired) electrons. The van der Waals surface area contributed by atoms with E-state index in [9.17, 15) is 0 Å². The van der Waals surface area contributed by atoms with Crippen molar-refractivity contribution in [3.63, 3.8) is 0 Å². The molecule has 6 bridgehead atoms. The Kier molecular flexibility index (Phi) is 4.81. The molecule has 0 aromatic heterocycles. The highest BCUT2D eigenvalue weighted by Crippen LogP contribution is 2.56. The molecule has 0 amide bonds. The molecule has 12 unspecified atom stereocenters. The maximum atomic E-state index is 4.51. The molecule has 12 atom stereocenters. The second-order valence-corrected chi connectivity index (χ2v) is 13.3. The lowest BCUT2D eigenvalue weighted by atomic mass is 9.69. The van der Waals surface area contributed by atoms with Crippen molar-refractivity contribution in [3.8, 4) is 0 Å². The van der Waals surface area contributed by atoms with Gasteiger partial charge < -0.3 is 0 Å². The molecular formula is C28H46N4.